The molecule has 1 aliphatic rings. The Hall–Kier alpha value is -1.63. The predicted octanol–water partition coefficient (Wildman–Crippen LogP) is 3.74. The molecular weight excluding hydrogens is 384 g/mol. The molecule has 0 spiro atoms. The van der Waals surface area contributed by atoms with Gasteiger partial charge in [0.15, 0.2) is 6.10 Å². The third-order valence-electron chi connectivity index (χ3n) is 3.38. The number of halogens is 2. The van der Waals surface area contributed by atoms with Gasteiger partial charge >= 0.3 is 0 Å². The topological polar surface area (TPSA) is 29.5 Å². The van der Waals surface area contributed by atoms with Gasteiger partial charge in [-0.3, -0.25) is 4.79 Å². The molecule has 0 bridgehead atoms. The van der Waals surface area contributed by atoms with E-state index in [1.54, 1.807) is 24.0 Å². The number of anilines is 1. The molecule has 0 radical (unpaired) electrons. The zero-order chi connectivity index (χ0) is 15.0. The molecule has 0 saturated carbocycles. The number of nitrogens with zero attached hydrogens (tertiary/aromatic N) is 1. The maximum atomic E-state index is 13.0. The SMILES string of the molecule is CC1Oc2cc(I)ccc2N(Cc2ccc(F)cc2)C1=O. The molecule has 21 heavy (non-hydrogen) atoms. The Morgan fingerprint density at radius 2 is 1.95 bits per heavy atom. The number of benzene rings is 2. The van der Waals surface area contributed by atoms with Gasteiger partial charge in [0.1, 0.15) is 11.6 Å². The summed E-state index contributed by atoms with van der Waals surface area (Å²) in [7, 11) is 0. The fraction of sp³-hybridized carbons (Fsp3) is 0.188. The van der Waals surface area contributed by atoms with Crippen LogP contribution in [0.2, 0.25) is 0 Å². The lowest BCUT2D eigenvalue weighted by atomic mass is 10.1. The molecule has 0 aromatic heterocycles. The van der Waals surface area contributed by atoms with Gasteiger partial charge in [-0.15, -0.1) is 0 Å². The standard InChI is InChI=1S/C16H13FINO2/c1-10-16(20)19(9-11-2-4-12(17)5-3-11)14-7-6-13(18)8-15(14)21-10/h2-8,10H,9H2,1H3. The summed E-state index contributed by atoms with van der Waals surface area (Å²) >= 11 is 2.21. The molecule has 2 aromatic rings. The Morgan fingerprint density at radius 1 is 1.24 bits per heavy atom. The smallest absolute Gasteiger partial charge is 0.268 e. The van der Waals surface area contributed by atoms with Gasteiger partial charge in [-0.25, -0.2) is 4.39 Å². The number of ether oxygens (including phenoxy) is 1. The molecule has 1 aliphatic heterocycles. The van der Waals surface area contributed by atoms with E-state index in [2.05, 4.69) is 22.6 Å². The lowest BCUT2D eigenvalue weighted by Gasteiger charge is -2.33. The Balaban J connectivity index is 1.96. The van der Waals surface area contributed by atoms with E-state index in [1.807, 2.05) is 18.2 Å². The number of carbonyl (C=O) groups excluding carboxylic acids is 1. The van der Waals surface area contributed by atoms with Crippen LogP contribution in [-0.4, -0.2) is 12.0 Å². The van der Waals surface area contributed by atoms with E-state index < -0.39 is 6.10 Å². The van der Waals surface area contributed by atoms with Crippen LogP contribution in [0.3, 0.4) is 0 Å². The first-order valence-corrected chi connectivity index (χ1v) is 7.64. The lowest BCUT2D eigenvalue weighted by Crippen LogP contribution is -2.44. The number of carbonyl (C=O) groups is 1. The quantitative estimate of drug-likeness (QED) is 0.723. The average molecular weight is 397 g/mol. The van der Waals surface area contributed by atoms with Crippen molar-refractivity contribution in [3.05, 3.63) is 57.4 Å². The second kappa shape index (κ2) is 5.63. The van der Waals surface area contributed by atoms with Crippen molar-refractivity contribution in [1.29, 1.82) is 0 Å². The molecule has 0 aliphatic carbocycles. The van der Waals surface area contributed by atoms with Crippen LogP contribution >= 0.6 is 22.6 Å². The minimum absolute atomic E-state index is 0.0898. The van der Waals surface area contributed by atoms with Crippen LogP contribution in [0.4, 0.5) is 10.1 Å². The molecule has 1 atom stereocenters. The molecule has 108 valence electrons. The molecular formula is C16H13FINO2. The second-order valence-corrected chi connectivity index (χ2v) is 6.17. The van der Waals surface area contributed by atoms with Gasteiger partial charge < -0.3 is 9.64 Å². The second-order valence-electron chi connectivity index (χ2n) is 4.92. The van der Waals surface area contributed by atoms with Gasteiger partial charge in [0.2, 0.25) is 0 Å². The largest absolute Gasteiger partial charge is 0.479 e. The summed E-state index contributed by atoms with van der Waals surface area (Å²) in [6.07, 6.45) is -0.517. The fourth-order valence-electron chi connectivity index (χ4n) is 2.32. The third kappa shape index (κ3) is 2.88. The van der Waals surface area contributed by atoms with E-state index in [0.717, 1.165) is 14.8 Å². The average Bonchev–Trinajstić information content (AvgIpc) is 2.46. The van der Waals surface area contributed by atoms with Gasteiger partial charge in [0, 0.05) is 3.57 Å². The number of hydrogen-bond donors (Lipinski definition) is 0. The van der Waals surface area contributed by atoms with Gasteiger partial charge in [-0.1, -0.05) is 12.1 Å². The molecule has 0 N–H and O–H groups in total. The van der Waals surface area contributed by atoms with Crippen molar-refractivity contribution < 1.29 is 13.9 Å². The molecule has 2 aromatic carbocycles. The highest BCUT2D eigenvalue weighted by atomic mass is 127. The molecule has 5 heteroatoms. The van der Waals surface area contributed by atoms with Gasteiger partial charge in [0.25, 0.3) is 5.91 Å². The molecule has 1 heterocycles. The maximum absolute atomic E-state index is 13.0. The summed E-state index contributed by atoms with van der Waals surface area (Å²) in [5, 5.41) is 0. The summed E-state index contributed by atoms with van der Waals surface area (Å²) in [5.41, 5.74) is 1.63. The number of amides is 1. The van der Waals surface area contributed by atoms with Crippen molar-refractivity contribution in [2.45, 2.75) is 19.6 Å². The number of hydrogen-bond acceptors (Lipinski definition) is 2. The van der Waals surface area contributed by atoms with Gasteiger partial charge in [-0.2, -0.15) is 0 Å². The fourth-order valence-corrected chi connectivity index (χ4v) is 2.78. The summed E-state index contributed by atoms with van der Waals surface area (Å²) in [4.78, 5) is 14.1. The van der Waals surface area contributed by atoms with E-state index in [0.29, 0.717) is 12.3 Å². The molecule has 0 fully saturated rings. The van der Waals surface area contributed by atoms with Crippen LogP contribution in [0.1, 0.15) is 12.5 Å². The van der Waals surface area contributed by atoms with E-state index in [4.69, 9.17) is 4.74 Å². The Morgan fingerprint density at radius 3 is 2.67 bits per heavy atom. The van der Waals surface area contributed by atoms with E-state index in [1.165, 1.54) is 12.1 Å². The first kappa shape index (κ1) is 14.3. The van der Waals surface area contributed by atoms with Crippen LogP contribution in [0, 0.1) is 9.39 Å². The highest BCUT2D eigenvalue weighted by Crippen LogP contribution is 2.36. The molecule has 1 amide bonds. The maximum Gasteiger partial charge on any atom is 0.268 e. The van der Waals surface area contributed by atoms with Crippen LogP contribution in [0.15, 0.2) is 42.5 Å². The van der Waals surface area contributed by atoms with Crippen molar-refractivity contribution in [3.63, 3.8) is 0 Å². The molecule has 3 rings (SSSR count). The number of fused-ring (bicyclic) bond motifs is 1. The Labute approximate surface area is 135 Å². The molecule has 3 nitrogen and oxygen atoms in total. The van der Waals surface area contributed by atoms with Crippen LogP contribution < -0.4 is 9.64 Å². The highest BCUT2D eigenvalue weighted by Gasteiger charge is 2.31. The first-order chi connectivity index (χ1) is 10.0. The molecule has 1 unspecified atom stereocenters. The first-order valence-electron chi connectivity index (χ1n) is 6.56. The van der Waals surface area contributed by atoms with E-state index in [-0.39, 0.29) is 11.7 Å². The van der Waals surface area contributed by atoms with Gasteiger partial charge in [0.05, 0.1) is 12.2 Å². The summed E-state index contributed by atoms with van der Waals surface area (Å²) in [6.45, 7) is 2.14. The highest BCUT2D eigenvalue weighted by molar-refractivity contribution is 14.1. The van der Waals surface area contributed by atoms with Crippen molar-refractivity contribution in [2.24, 2.45) is 0 Å². The zero-order valence-electron chi connectivity index (χ0n) is 11.3. The lowest BCUT2D eigenvalue weighted by molar-refractivity contribution is -0.125. The zero-order valence-corrected chi connectivity index (χ0v) is 13.5. The van der Waals surface area contributed by atoms with Crippen molar-refractivity contribution >= 4 is 34.2 Å². The summed E-state index contributed by atoms with van der Waals surface area (Å²) in [5.74, 6) is 0.333. The summed E-state index contributed by atoms with van der Waals surface area (Å²) < 4.78 is 19.7. The van der Waals surface area contributed by atoms with Crippen LogP contribution in [0.25, 0.3) is 0 Å². The van der Waals surface area contributed by atoms with Crippen molar-refractivity contribution in [3.8, 4) is 5.75 Å². The van der Waals surface area contributed by atoms with Crippen LogP contribution in [-0.2, 0) is 11.3 Å². The normalized spacial score (nSPS) is 17.4. The third-order valence-corrected chi connectivity index (χ3v) is 4.06. The Kier molecular flexibility index (Phi) is 3.84. The van der Waals surface area contributed by atoms with E-state index >= 15 is 0 Å². The van der Waals surface area contributed by atoms with Crippen molar-refractivity contribution in [1.82, 2.24) is 0 Å². The number of rotatable bonds is 2. The predicted molar refractivity (Wildman–Crippen MR) is 86.8 cm³/mol. The monoisotopic (exact) mass is 397 g/mol. The van der Waals surface area contributed by atoms with Crippen LogP contribution in [0.5, 0.6) is 5.75 Å². The molecule has 0 saturated heterocycles. The minimum atomic E-state index is -0.517. The van der Waals surface area contributed by atoms with Crippen molar-refractivity contribution in [2.75, 3.05) is 4.90 Å². The van der Waals surface area contributed by atoms with E-state index in [9.17, 15) is 9.18 Å². The Bertz CT molecular complexity index is 687. The summed E-state index contributed by atoms with van der Waals surface area (Å²) in [6, 6.07) is 11.9. The minimum Gasteiger partial charge on any atom is -0.479 e. The van der Waals surface area contributed by atoms with Gasteiger partial charge in [-0.05, 0) is 65.4 Å².